The largest absolute Gasteiger partial charge is 0.480 e. The number of carbonyl (C=O) groups is 4. The van der Waals surface area contributed by atoms with Crippen LogP contribution in [0.25, 0.3) is 10.9 Å². The molecule has 0 fully saturated rings. The van der Waals surface area contributed by atoms with Crippen molar-refractivity contribution in [2.45, 2.75) is 50.0 Å². The molecule has 5 unspecified atom stereocenters. The minimum absolute atomic E-state index is 0.000309. The fourth-order valence-electron chi connectivity index (χ4n) is 3.84. The maximum atomic E-state index is 13.1. The van der Waals surface area contributed by atoms with Crippen molar-refractivity contribution in [1.29, 1.82) is 0 Å². The van der Waals surface area contributed by atoms with Crippen LogP contribution in [0.3, 0.4) is 0 Å². The van der Waals surface area contributed by atoms with Crippen molar-refractivity contribution in [3.8, 4) is 0 Å². The Bertz CT molecular complexity index is 1260. The molecule has 0 aliphatic heterocycles. The Balaban J connectivity index is 1.76. The van der Waals surface area contributed by atoms with E-state index in [9.17, 15) is 29.4 Å². The van der Waals surface area contributed by atoms with Crippen LogP contribution in [-0.2, 0) is 32.0 Å². The molecule has 2 heterocycles. The fourth-order valence-corrected chi connectivity index (χ4v) is 4.10. The van der Waals surface area contributed by atoms with E-state index in [1.807, 2.05) is 24.3 Å². The van der Waals surface area contributed by atoms with Gasteiger partial charge in [0.25, 0.3) is 0 Å². The number of nitrogens with two attached hydrogens (primary N) is 1. The van der Waals surface area contributed by atoms with E-state index in [1.54, 1.807) is 6.20 Å². The minimum Gasteiger partial charge on any atom is -0.480 e. The number of aromatic nitrogens is 3. The average molecular weight is 546 g/mol. The van der Waals surface area contributed by atoms with Crippen LogP contribution in [-0.4, -0.2) is 84.9 Å². The predicted octanol–water partition coefficient (Wildman–Crippen LogP) is -1.15. The summed E-state index contributed by atoms with van der Waals surface area (Å²) < 4.78 is 0. The van der Waals surface area contributed by atoms with Crippen molar-refractivity contribution in [2.24, 2.45) is 5.73 Å². The van der Waals surface area contributed by atoms with E-state index in [0.29, 0.717) is 11.3 Å². The lowest BCUT2D eigenvalue weighted by atomic mass is 10.0. The maximum absolute atomic E-state index is 13.1. The van der Waals surface area contributed by atoms with Crippen LogP contribution < -0.4 is 21.7 Å². The number of aliphatic hydroxyl groups excluding tert-OH is 1. The second-order valence-electron chi connectivity index (χ2n) is 8.82. The van der Waals surface area contributed by atoms with Crippen molar-refractivity contribution in [3.05, 3.63) is 54.2 Å². The molecule has 3 amide bonds. The lowest BCUT2D eigenvalue weighted by Gasteiger charge is -2.25. The molecule has 3 rings (SSSR count). The van der Waals surface area contributed by atoms with Gasteiger partial charge in [-0.25, -0.2) is 9.78 Å². The molecule has 38 heavy (non-hydrogen) atoms. The fraction of sp³-hybridized carbons (Fsp3) is 0.375. The number of carboxylic acids is 1. The van der Waals surface area contributed by atoms with Crippen molar-refractivity contribution in [1.82, 2.24) is 30.9 Å². The number of fused-ring (bicyclic) bond motifs is 1. The zero-order valence-corrected chi connectivity index (χ0v) is 21.4. The van der Waals surface area contributed by atoms with Gasteiger partial charge < -0.3 is 41.9 Å². The maximum Gasteiger partial charge on any atom is 0.328 e. The van der Waals surface area contributed by atoms with Gasteiger partial charge in [-0.3, -0.25) is 14.4 Å². The van der Waals surface area contributed by atoms with Crippen molar-refractivity contribution in [3.63, 3.8) is 0 Å². The molecule has 0 spiro atoms. The highest BCUT2D eigenvalue weighted by molar-refractivity contribution is 7.80. The summed E-state index contributed by atoms with van der Waals surface area (Å²) in [5.41, 5.74) is 8.10. The van der Waals surface area contributed by atoms with Gasteiger partial charge in [-0.15, -0.1) is 0 Å². The summed E-state index contributed by atoms with van der Waals surface area (Å²) in [4.78, 5) is 60.2. The number of nitrogens with zero attached hydrogens (tertiary/aromatic N) is 1. The molecule has 0 aliphatic carbocycles. The van der Waals surface area contributed by atoms with Crippen LogP contribution in [0, 0.1) is 0 Å². The van der Waals surface area contributed by atoms with E-state index in [1.165, 1.54) is 19.4 Å². The van der Waals surface area contributed by atoms with Crippen LogP contribution in [0.5, 0.6) is 0 Å². The highest BCUT2D eigenvalue weighted by Crippen LogP contribution is 2.19. The first-order chi connectivity index (χ1) is 18.1. The number of aliphatic hydroxyl groups is 1. The number of rotatable bonds is 13. The molecule has 0 saturated carbocycles. The number of nitrogens with one attached hydrogen (secondary N) is 5. The number of para-hydroxylation sites is 1. The molecule has 0 aliphatic rings. The second kappa shape index (κ2) is 13.1. The Morgan fingerprint density at radius 3 is 2.34 bits per heavy atom. The van der Waals surface area contributed by atoms with Crippen LogP contribution in [0.1, 0.15) is 18.2 Å². The third-order valence-corrected chi connectivity index (χ3v) is 6.29. The van der Waals surface area contributed by atoms with Crippen LogP contribution in [0.2, 0.25) is 0 Å². The van der Waals surface area contributed by atoms with E-state index in [-0.39, 0.29) is 18.6 Å². The highest BCUT2D eigenvalue weighted by Gasteiger charge is 2.32. The number of H-pyrrole nitrogens is 2. The van der Waals surface area contributed by atoms with E-state index in [2.05, 4.69) is 43.5 Å². The normalized spacial score (nSPS) is 15.2. The first-order valence-electron chi connectivity index (χ1n) is 11.8. The Kier molecular flexibility index (Phi) is 9.87. The third kappa shape index (κ3) is 7.34. The monoisotopic (exact) mass is 545 g/mol. The van der Waals surface area contributed by atoms with Gasteiger partial charge in [-0.05, 0) is 18.6 Å². The number of benzene rings is 1. The van der Waals surface area contributed by atoms with Crippen molar-refractivity contribution >= 4 is 47.2 Å². The molecule has 0 radical (unpaired) electrons. The Hall–Kier alpha value is -3.88. The summed E-state index contributed by atoms with van der Waals surface area (Å²) in [5.74, 6) is -3.67. The van der Waals surface area contributed by atoms with Crippen LogP contribution >= 0.6 is 12.6 Å². The van der Waals surface area contributed by atoms with Gasteiger partial charge in [-0.2, -0.15) is 12.6 Å². The van der Waals surface area contributed by atoms with Gasteiger partial charge in [0, 0.05) is 47.6 Å². The summed E-state index contributed by atoms with van der Waals surface area (Å²) >= 11 is 4.16. The molecule has 5 atom stereocenters. The Labute approximate surface area is 223 Å². The SMILES string of the molecule is CC(O)C(NC(=O)C(Cc1c[nH]c2ccccc12)NC(=O)C(CS)NC(=O)C(N)Cc1cnc[nH]1)C(=O)O. The first-order valence-corrected chi connectivity index (χ1v) is 12.4. The van der Waals surface area contributed by atoms with Gasteiger partial charge in [0.2, 0.25) is 17.7 Å². The summed E-state index contributed by atoms with van der Waals surface area (Å²) in [7, 11) is 0. The van der Waals surface area contributed by atoms with Crippen molar-refractivity contribution in [2.75, 3.05) is 5.75 Å². The summed E-state index contributed by atoms with van der Waals surface area (Å²) in [6.07, 6.45) is 3.44. The summed E-state index contributed by atoms with van der Waals surface area (Å²) in [6.45, 7) is 1.23. The molecule has 1 aromatic carbocycles. The number of amides is 3. The third-order valence-electron chi connectivity index (χ3n) is 5.93. The number of carboxylic acid groups (broad SMARTS) is 1. The zero-order chi connectivity index (χ0) is 27.8. The van der Waals surface area contributed by atoms with Crippen LogP contribution in [0.4, 0.5) is 0 Å². The second-order valence-corrected chi connectivity index (χ2v) is 9.19. The molecule has 3 aromatic rings. The Morgan fingerprint density at radius 1 is 1.03 bits per heavy atom. The number of carbonyl (C=O) groups excluding carboxylic acids is 3. The van der Waals surface area contributed by atoms with Crippen LogP contribution in [0.15, 0.2) is 43.0 Å². The van der Waals surface area contributed by atoms with Gasteiger partial charge in [0.05, 0.1) is 18.5 Å². The molecular weight excluding hydrogens is 514 g/mol. The van der Waals surface area contributed by atoms with E-state index in [0.717, 1.165) is 10.9 Å². The number of aromatic amines is 2. The Morgan fingerprint density at radius 2 is 1.71 bits per heavy atom. The standard InChI is InChI=1S/C24H31N7O6S/c1-12(32)20(24(36)37)31-22(34)18(6-13-8-27-17-5-3-2-4-15(13)17)29-23(35)19(10-38)30-21(33)16(25)7-14-9-26-11-28-14/h2-5,8-9,11-12,16,18-20,27,32,38H,6-7,10,25H2,1H3,(H,26,28)(H,29,35)(H,30,33)(H,31,34)(H,36,37). The van der Waals surface area contributed by atoms with E-state index < -0.39 is 54.0 Å². The topological polar surface area (TPSA) is 215 Å². The zero-order valence-electron chi connectivity index (χ0n) is 20.5. The summed E-state index contributed by atoms with van der Waals surface area (Å²) in [5, 5.41) is 27.4. The lowest BCUT2D eigenvalue weighted by molar-refractivity contribution is -0.145. The van der Waals surface area contributed by atoms with E-state index >= 15 is 0 Å². The van der Waals surface area contributed by atoms with E-state index in [4.69, 9.17) is 5.73 Å². The highest BCUT2D eigenvalue weighted by atomic mass is 32.1. The first kappa shape index (κ1) is 28.7. The van der Waals surface area contributed by atoms with Gasteiger partial charge >= 0.3 is 5.97 Å². The number of hydrogen-bond donors (Lipinski definition) is 9. The number of thiol groups is 1. The van der Waals surface area contributed by atoms with Gasteiger partial charge in [-0.1, -0.05) is 18.2 Å². The van der Waals surface area contributed by atoms with Gasteiger partial charge in [0.1, 0.15) is 12.1 Å². The number of hydrogen-bond acceptors (Lipinski definition) is 8. The molecule has 2 aromatic heterocycles. The molecule has 13 nitrogen and oxygen atoms in total. The number of imidazole rings is 1. The molecule has 0 saturated heterocycles. The lowest BCUT2D eigenvalue weighted by Crippen LogP contribution is -2.59. The van der Waals surface area contributed by atoms with Gasteiger partial charge in [0.15, 0.2) is 6.04 Å². The minimum atomic E-state index is -1.59. The molecule has 14 heteroatoms. The van der Waals surface area contributed by atoms with Crippen molar-refractivity contribution < 1.29 is 29.4 Å². The molecular formula is C24H31N7O6S. The summed E-state index contributed by atoms with van der Waals surface area (Å²) in [6, 6.07) is 2.41. The smallest absolute Gasteiger partial charge is 0.328 e. The number of aliphatic carboxylic acids is 1. The average Bonchev–Trinajstić information content (AvgIpc) is 3.54. The predicted molar refractivity (Wildman–Crippen MR) is 141 cm³/mol. The molecule has 204 valence electrons. The molecule has 9 N–H and O–H groups in total. The quantitative estimate of drug-likeness (QED) is 0.119. The molecule has 0 bridgehead atoms.